The number of H-pyrrole nitrogens is 1. The quantitative estimate of drug-likeness (QED) is 0.327. The molecule has 0 unspecified atom stereocenters. The van der Waals surface area contributed by atoms with E-state index in [-0.39, 0.29) is 23.7 Å². The third kappa shape index (κ3) is 4.17. The van der Waals surface area contributed by atoms with Crippen molar-refractivity contribution in [3.63, 3.8) is 0 Å². The number of fused-ring (bicyclic) bond motifs is 1. The fourth-order valence-corrected chi connectivity index (χ4v) is 4.55. The molecule has 4 aromatic rings. The van der Waals surface area contributed by atoms with Gasteiger partial charge in [-0.2, -0.15) is 0 Å². The van der Waals surface area contributed by atoms with Gasteiger partial charge in [0.2, 0.25) is 5.91 Å². The number of carbonyl (C=O) groups is 3. The van der Waals surface area contributed by atoms with Crippen molar-refractivity contribution in [1.29, 1.82) is 0 Å². The number of aromatic amines is 1. The van der Waals surface area contributed by atoms with E-state index < -0.39 is 5.97 Å². The van der Waals surface area contributed by atoms with Crippen molar-refractivity contribution in [3.8, 4) is 10.6 Å². The molecule has 0 saturated heterocycles. The lowest BCUT2D eigenvalue weighted by Crippen LogP contribution is -2.17. The molecule has 2 aromatic heterocycles. The van der Waals surface area contributed by atoms with Gasteiger partial charge in [-0.25, -0.2) is 9.78 Å². The van der Waals surface area contributed by atoms with Crippen LogP contribution in [0.1, 0.15) is 39.0 Å². The van der Waals surface area contributed by atoms with Crippen molar-refractivity contribution in [2.45, 2.75) is 20.3 Å². The number of para-hydroxylation sites is 1. The Bertz CT molecular complexity index is 1300. The number of benzene rings is 2. The van der Waals surface area contributed by atoms with Crippen molar-refractivity contribution in [1.82, 2.24) is 9.97 Å². The molecule has 0 radical (unpaired) electrons. The number of anilines is 1. The molecule has 0 saturated carbocycles. The van der Waals surface area contributed by atoms with Gasteiger partial charge in [-0.1, -0.05) is 12.1 Å². The fraction of sp³-hybridized carbons (Fsp3) is 0.167. The summed E-state index contributed by atoms with van der Waals surface area (Å²) in [7, 11) is 1.26. The first kappa shape index (κ1) is 21.5. The molecule has 2 aromatic carbocycles. The van der Waals surface area contributed by atoms with Crippen LogP contribution >= 0.6 is 11.3 Å². The number of hydrogen-bond donors (Lipinski definition) is 2. The van der Waals surface area contributed by atoms with E-state index in [2.05, 4.69) is 15.3 Å². The molecule has 0 fully saturated rings. The molecule has 7 nitrogen and oxygen atoms in total. The van der Waals surface area contributed by atoms with E-state index in [1.54, 1.807) is 18.3 Å². The van der Waals surface area contributed by atoms with Crippen LogP contribution in [-0.4, -0.2) is 34.7 Å². The van der Waals surface area contributed by atoms with Crippen LogP contribution in [0, 0.1) is 6.92 Å². The number of hydrogen-bond acceptors (Lipinski definition) is 6. The van der Waals surface area contributed by atoms with Gasteiger partial charge in [0.1, 0.15) is 5.01 Å². The maximum absolute atomic E-state index is 12.6. The summed E-state index contributed by atoms with van der Waals surface area (Å²) in [6.45, 7) is 3.05. The number of aromatic nitrogens is 2. The van der Waals surface area contributed by atoms with E-state index in [1.807, 2.05) is 48.5 Å². The Morgan fingerprint density at radius 1 is 1.09 bits per heavy atom. The number of nitrogens with one attached hydrogen (secondary N) is 2. The van der Waals surface area contributed by atoms with E-state index in [9.17, 15) is 14.4 Å². The highest BCUT2D eigenvalue weighted by Gasteiger charge is 2.24. The minimum Gasteiger partial charge on any atom is -0.465 e. The maximum Gasteiger partial charge on any atom is 0.339 e. The van der Waals surface area contributed by atoms with Gasteiger partial charge in [0.15, 0.2) is 5.78 Å². The molecule has 32 heavy (non-hydrogen) atoms. The minimum atomic E-state index is -0.589. The van der Waals surface area contributed by atoms with Crippen molar-refractivity contribution in [2.75, 3.05) is 12.4 Å². The van der Waals surface area contributed by atoms with Gasteiger partial charge in [-0.15, -0.1) is 11.3 Å². The Morgan fingerprint density at radius 2 is 1.81 bits per heavy atom. The molecule has 4 rings (SSSR count). The zero-order valence-electron chi connectivity index (χ0n) is 17.8. The molecule has 0 bridgehead atoms. The predicted molar refractivity (Wildman–Crippen MR) is 124 cm³/mol. The van der Waals surface area contributed by atoms with Gasteiger partial charge < -0.3 is 15.0 Å². The van der Waals surface area contributed by atoms with Crippen LogP contribution in [-0.2, 0) is 16.0 Å². The number of methoxy groups -OCH3 is 1. The van der Waals surface area contributed by atoms with E-state index >= 15 is 0 Å². The summed E-state index contributed by atoms with van der Waals surface area (Å²) in [6, 6.07) is 15.4. The molecule has 0 aliphatic carbocycles. The highest BCUT2D eigenvalue weighted by Crippen LogP contribution is 2.30. The average Bonchev–Trinajstić information content (AvgIpc) is 3.35. The van der Waals surface area contributed by atoms with Crippen LogP contribution in [0.2, 0.25) is 0 Å². The molecule has 2 heterocycles. The van der Waals surface area contributed by atoms with Crippen LogP contribution in [0.4, 0.5) is 5.69 Å². The van der Waals surface area contributed by atoms with Gasteiger partial charge in [0.25, 0.3) is 0 Å². The summed E-state index contributed by atoms with van der Waals surface area (Å²) in [5, 5.41) is 3.73. The zero-order chi connectivity index (χ0) is 22.8. The van der Waals surface area contributed by atoms with E-state index in [0.29, 0.717) is 22.6 Å². The lowest BCUT2D eigenvalue weighted by Gasteiger charge is -2.07. The van der Waals surface area contributed by atoms with Crippen LogP contribution in [0.15, 0.2) is 48.5 Å². The monoisotopic (exact) mass is 447 g/mol. The molecular weight excluding hydrogens is 426 g/mol. The van der Waals surface area contributed by atoms with Gasteiger partial charge in [0, 0.05) is 23.9 Å². The Kier molecular flexibility index (Phi) is 5.87. The highest BCUT2D eigenvalue weighted by molar-refractivity contribution is 7.21. The molecule has 0 spiro atoms. The summed E-state index contributed by atoms with van der Waals surface area (Å²) in [6.07, 6.45) is -0.0990. The molecule has 0 aliphatic rings. The number of Topliss-reactive ketones (excluding diaryl/α,β-unsaturated/α-hetero) is 1. The molecule has 0 aliphatic heterocycles. The van der Waals surface area contributed by atoms with Crippen LogP contribution in [0.25, 0.3) is 20.8 Å². The number of esters is 1. The second-order valence-corrected chi connectivity index (χ2v) is 8.35. The summed E-state index contributed by atoms with van der Waals surface area (Å²) in [4.78, 5) is 44.2. The third-order valence-electron chi connectivity index (χ3n) is 5.12. The first-order valence-corrected chi connectivity index (χ1v) is 10.8. The predicted octanol–water partition coefficient (Wildman–Crippen LogP) is 4.77. The first-order chi connectivity index (χ1) is 15.4. The molecule has 8 heteroatoms. The second kappa shape index (κ2) is 8.76. The van der Waals surface area contributed by atoms with E-state index in [1.165, 1.54) is 14.0 Å². The van der Waals surface area contributed by atoms with Gasteiger partial charge >= 0.3 is 5.97 Å². The number of ketones is 1. The molecular formula is C24H21N3O4S. The molecule has 1 amide bonds. The topological polar surface area (TPSA) is 101 Å². The van der Waals surface area contributed by atoms with Crippen molar-refractivity contribution in [2.24, 2.45) is 0 Å². The lowest BCUT2D eigenvalue weighted by molar-refractivity contribution is -0.115. The smallest absolute Gasteiger partial charge is 0.339 e. The van der Waals surface area contributed by atoms with Crippen molar-refractivity contribution < 1.29 is 19.1 Å². The normalized spacial score (nSPS) is 10.8. The van der Waals surface area contributed by atoms with Crippen LogP contribution < -0.4 is 5.32 Å². The van der Waals surface area contributed by atoms with Crippen molar-refractivity contribution >= 4 is 44.9 Å². The minimum absolute atomic E-state index is 0.0990. The second-order valence-electron chi connectivity index (χ2n) is 7.32. The fourth-order valence-electron chi connectivity index (χ4n) is 3.58. The molecule has 2 N–H and O–H groups in total. The number of amides is 1. The average molecular weight is 448 g/mol. The SMILES string of the molecule is COC(=O)c1c(CC(=O)Nc2ccc(-c3nc4ccccc4s3)cc2)[nH]c(C(C)=O)c1C. The van der Waals surface area contributed by atoms with Crippen molar-refractivity contribution in [3.05, 3.63) is 71.0 Å². The Hall–Kier alpha value is -3.78. The summed E-state index contributed by atoms with van der Waals surface area (Å²) in [5.74, 6) is -1.13. The Morgan fingerprint density at radius 3 is 2.47 bits per heavy atom. The first-order valence-electron chi connectivity index (χ1n) is 9.94. The number of carbonyl (C=O) groups excluding carboxylic acids is 3. The van der Waals surface area contributed by atoms with Gasteiger partial charge in [-0.05, 0) is 48.9 Å². The Labute approximate surface area is 188 Å². The van der Waals surface area contributed by atoms with E-state index in [0.717, 1.165) is 20.8 Å². The standard InChI is InChI=1S/C24H21N3O4S/c1-13-21(24(30)31-3)18(26-22(13)14(2)28)12-20(29)25-16-10-8-15(9-11-16)23-27-17-6-4-5-7-19(17)32-23/h4-11,26H,12H2,1-3H3,(H,25,29). The molecule has 162 valence electrons. The summed E-state index contributed by atoms with van der Waals surface area (Å²) < 4.78 is 5.94. The van der Waals surface area contributed by atoms with E-state index in [4.69, 9.17) is 4.74 Å². The third-order valence-corrected chi connectivity index (χ3v) is 6.20. The summed E-state index contributed by atoms with van der Waals surface area (Å²) >= 11 is 1.61. The number of ether oxygens (including phenoxy) is 1. The zero-order valence-corrected chi connectivity index (χ0v) is 18.6. The number of thiazole rings is 1. The van der Waals surface area contributed by atoms with Crippen LogP contribution in [0.5, 0.6) is 0 Å². The van der Waals surface area contributed by atoms with Crippen LogP contribution in [0.3, 0.4) is 0 Å². The number of rotatable bonds is 6. The highest BCUT2D eigenvalue weighted by atomic mass is 32.1. The van der Waals surface area contributed by atoms with Gasteiger partial charge in [-0.3, -0.25) is 9.59 Å². The summed E-state index contributed by atoms with van der Waals surface area (Å²) in [5.41, 5.74) is 3.89. The lowest BCUT2D eigenvalue weighted by atomic mass is 10.1. The Balaban J connectivity index is 1.50. The van der Waals surface area contributed by atoms with Gasteiger partial charge in [0.05, 0.1) is 35.0 Å². The maximum atomic E-state index is 12.6. The number of nitrogens with zero attached hydrogens (tertiary/aromatic N) is 1. The largest absolute Gasteiger partial charge is 0.465 e. The molecule has 0 atom stereocenters.